The molecule has 0 aliphatic carbocycles. The van der Waals surface area contributed by atoms with E-state index in [1.807, 2.05) is 11.8 Å². The van der Waals surface area contributed by atoms with Gasteiger partial charge >= 0.3 is 0 Å². The standard InChI is InChI=1S/C11H17N3O2/c1-3-9-13-10(8(2)16-9)11(15)14-6-4-12-5-7-14/h12H,3-7H2,1-2H3. The zero-order chi connectivity index (χ0) is 11.5. The molecule has 0 radical (unpaired) electrons. The van der Waals surface area contributed by atoms with Crippen LogP contribution in [0.1, 0.15) is 29.1 Å². The molecule has 5 heteroatoms. The van der Waals surface area contributed by atoms with Gasteiger partial charge in [-0.15, -0.1) is 0 Å². The molecule has 16 heavy (non-hydrogen) atoms. The normalized spacial score (nSPS) is 16.5. The first kappa shape index (κ1) is 11.1. The van der Waals surface area contributed by atoms with Crippen molar-refractivity contribution in [2.24, 2.45) is 0 Å². The summed E-state index contributed by atoms with van der Waals surface area (Å²) < 4.78 is 5.40. The highest BCUT2D eigenvalue weighted by molar-refractivity contribution is 5.93. The van der Waals surface area contributed by atoms with E-state index in [-0.39, 0.29) is 5.91 Å². The molecule has 1 amide bonds. The highest BCUT2D eigenvalue weighted by atomic mass is 16.4. The summed E-state index contributed by atoms with van der Waals surface area (Å²) in [6, 6.07) is 0. The zero-order valence-corrected chi connectivity index (χ0v) is 9.75. The molecule has 1 N–H and O–H groups in total. The third kappa shape index (κ3) is 2.09. The molecule has 0 aromatic carbocycles. The molecule has 0 saturated carbocycles. The monoisotopic (exact) mass is 223 g/mol. The lowest BCUT2D eigenvalue weighted by Crippen LogP contribution is -2.46. The van der Waals surface area contributed by atoms with E-state index in [2.05, 4.69) is 10.3 Å². The van der Waals surface area contributed by atoms with Crippen LogP contribution in [0, 0.1) is 6.92 Å². The van der Waals surface area contributed by atoms with Crippen LogP contribution in [0.25, 0.3) is 0 Å². The fourth-order valence-corrected chi connectivity index (χ4v) is 1.82. The van der Waals surface area contributed by atoms with Crippen LogP contribution in [0.5, 0.6) is 0 Å². The maximum Gasteiger partial charge on any atom is 0.276 e. The first-order valence-electron chi connectivity index (χ1n) is 5.68. The smallest absolute Gasteiger partial charge is 0.276 e. The van der Waals surface area contributed by atoms with Gasteiger partial charge in [0.05, 0.1) is 0 Å². The Morgan fingerprint density at radius 2 is 2.19 bits per heavy atom. The van der Waals surface area contributed by atoms with Crippen molar-refractivity contribution >= 4 is 5.91 Å². The summed E-state index contributed by atoms with van der Waals surface area (Å²) in [5.41, 5.74) is 0.471. The second-order valence-electron chi connectivity index (χ2n) is 3.91. The minimum Gasteiger partial charge on any atom is -0.445 e. The molecule has 0 bridgehead atoms. The number of rotatable bonds is 2. The van der Waals surface area contributed by atoms with Crippen molar-refractivity contribution in [1.82, 2.24) is 15.2 Å². The fourth-order valence-electron chi connectivity index (χ4n) is 1.82. The Morgan fingerprint density at radius 3 is 2.75 bits per heavy atom. The van der Waals surface area contributed by atoms with Crippen molar-refractivity contribution in [3.63, 3.8) is 0 Å². The molecule has 1 saturated heterocycles. The van der Waals surface area contributed by atoms with Crippen LogP contribution in [0.2, 0.25) is 0 Å². The Hall–Kier alpha value is -1.36. The number of nitrogens with one attached hydrogen (secondary N) is 1. The van der Waals surface area contributed by atoms with Gasteiger partial charge in [0, 0.05) is 32.6 Å². The number of hydrogen-bond donors (Lipinski definition) is 1. The summed E-state index contributed by atoms with van der Waals surface area (Å²) in [6.07, 6.45) is 0.718. The van der Waals surface area contributed by atoms with E-state index >= 15 is 0 Å². The van der Waals surface area contributed by atoms with Crippen LogP contribution in [-0.2, 0) is 6.42 Å². The lowest BCUT2D eigenvalue weighted by atomic mass is 10.3. The third-order valence-electron chi connectivity index (χ3n) is 2.75. The van der Waals surface area contributed by atoms with Crippen molar-refractivity contribution < 1.29 is 9.21 Å². The number of carbonyl (C=O) groups excluding carboxylic acids is 1. The van der Waals surface area contributed by atoms with Gasteiger partial charge in [0.15, 0.2) is 11.6 Å². The SMILES string of the molecule is CCc1nc(C(=O)N2CCNCC2)c(C)o1. The van der Waals surface area contributed by atoms with Gasteiger partial charge in [-0.2, -0.15) is 0 Å². The molecule has 1 aromatic rings. The fraction of sp³-hybridized carbons (Fsp3) is 0.636. The first-order valence-corrected chi connectivity index (χ1v) is 5.68. The van der Waals surface area contributed by atoms with Crippen molar-refractivity contribution in [1.29, 1.82) is 0 Å². The Morgan fingerprint density at radius 1 is 1.50 bits per heavy atom. The summed E-state index contributed by atoms with van der Waals surface area (Å²) >= 11 is 0. The zero-order valence-electron chi connectivity index (χ0n) is 9.75. The molecule has 1 aliphatic heterocycles. The summed E-state index contributed by atoms with van der Waals surface area (Å²) in [5, 5.41) is 3.21. The van der Waals surface area contributed by atoms with Crippen molar-refractivity contribution in [2.75, 3.05) is 26.2 Å². The van der Waals surface area contributed by atoms with Gasteiger partial charge in [0.1, 0.15) is 5.76 Å². The number of oxazole rings is 1. The molecule has 1 aliphatic rings. The quantitative estimate of drug-likeness (QED) is 0.797. The van der Waals surface area contributed by atoms with E-state index in [9.17, 15) is 4.79 Å². The number of piperazine rings is 1. The third-order valence-corrected chi connectivity index (χ3v) is 2.75. The minimum atomic E-state index is -0.0116. The maximum atomic E-state index is 12.1. The number of aryl methyl sites for hydroxylation is 2. The van der Waals surface area contributed by atoms with Gasteiger partial charge < -0.3 is 14.6 Å². The number of nitrogens with zero attached hydrogens (tertiary/aromatic N) is 2. The molecule has 2 rings (SSSR count). The molecule has 88 valence electrons. The molecule has 1 aromatic heterocycles. The van der Waals surface area contributed by atoms with Crippen LogP contribution in [0.15, 0.2) is 4.42 Å². The molecule has 2 heterocycles. The average molecular weight is 223 g/mol. The van der Waals surface area contributed by atoms with Gasteiger partial charge in [-0.1, -0.05) is 6.92 Å². The Balaban J connectivity index is 2.15. The van der Waals surface area contributed by atoms with Crippen LogP contribution in [0.4, 0.5) is 0 Å². The molecular weight excluding hydrogens is 206 g/mol. The van der Waals surface area contributed by atoms with E-state index in [0.29, 0.717) is 17.3 Å². The lowest BCUT2D eigenvalue weighted by Gasteiger charge is -2.26. The van der Waals surface area contributed by atoms with Crippen LogP contribution in [-0.4, -0.2) is 42.0 Å². The molecule has 0 spiro atoms. The summed E-state index contributed by atoms with van der Waals surface area (Å²) in [6.45, 7) is 6.94. The Bertz CT molecular complexity index is 381. The molecule has 0 unspecified atom stereocenters. The molecule has 1 fully saturated rings. The van der Waals surface area contributed by atoms with E-state index < -0.39 is 0 Å². The van der Waals surface area contributed by atoms with Gasteiger partial charge in [0.25, 0.3) is 5.91 Å². The van der Waals surface area contributed by atoms with E-state index in [1.165, 1.54) is 0 Å². The van der Waals surface area contributed by atoms with Crippen LogP contribution >= 0.6 is 0 Å². The van der Waals surface area contributed by atoms with E-state index in [1.54, 1.807) is 6.92 Å². The summed E-state index contributed by atoms with van der Waals surface area (Å²) in [5.74, 6) is 1.25. The van der Waals surface area contributed by atoms with Crippen LogP contribution < -0.4 is 5.32 Å². The Kier molecular flexibility index (Phi) is 3.24. The number of amides is 1. The highest BCUT2D eigenvalue weighted by Gasteiger charge is 2.23. The predicted octanol–water partition coefficient (Wildman–Crippen LogP) is 0.591. The topological polar surface area (TPSA) is 58.4 Å². The van der Waals surface area contributed by atoms with Gasteiger partial charge in [-0.3, -0.25) is 4.79 Å². The second-order valence-corrected chi connectivity index (χ2v) is 3.91. The molecule has 0 atom stereocenters. The van der Waals surface area contributed by atoms with Crippen molar-refractivity contribution in [2.45, 2.75) is 20.3 Å². The van der Waals surface area contributed by atoms with Crippen molar-refractivity contribution in [3.05, 3.63) is 17.3 Å². The lowest BCUT2D eigenvalue weighted by molar-refractivity contribution is 0.0729. The summed E-state index contributed by atoms with van der Waals surface area (Å²) in [7, 11) is 0. The van der Waals surface area contributed by atoms with Gasteiger partial charge in [-0.25, -0.2) is 4.98 Å². The second kappa shape index (κ2) is 4.65. The first-order chi connectivity index (χ1) is 7.72. The number of carbonyl (C=O) groups is 1. The van der Waals surface area contributed by atoms with Crippen LogP contribution in [0.3, 0.4) is 0 Å². The average Bonchev–Trinajstić information content (AvgIpc) is 2.71. The largest absolute Gasteiger partial charge is 0.445 e. The minimum absolute atomic E-state index is 0.0116. The van der Waals surface area contributed by atoms with Crippen molar-refractivity contribution in [3.8, 4) is 0 Å². The highest BCUT2D eigenvalue weighted by Crippen LogP contribution is 2.13. The van der Waals surface area contributed by atoms with Gasteiger partial charge in [0.2, 0.25) is 0 Å². The number of aromatic nitrogens is 1. The van der Waals surface area contributed by atoms with E-state index in [0.717, 1.165) is 32.6 Å². The number of hydrogen-bond acceptors (Lipinski definition) is 4. The Labute approximate surface area is 94.8 Å². The molecule has 5 nitrogen and oxygen atoms in total. The maximum absolute atomic E-state index is 12.1. The van der Waals surface area contributed by atoms with Gasteiger partial charge in [-0.05, 0) is 6.92 Å². The van der Waals surface area contributed by atoms with E-state index in [4.69, 9.17) is 4.42 Å². The summed E-state index contributed by atoms with van der Waals surface area (Å²) in [4.78, 5) is 18.2. The predicted molar refractivity (Wildman–Crippen MR) is 59.4 cm³/mol. The molecular formula is C11H17N3O2.